The molecule has 0 aromatic heterocycles. The van der Waals surface area contributed by atoms with E-state index in [2.05, 4.69) is 62.5 Å². The number of aliphatic carboxylic acids is 1. The van der Waals surface area contributed by atoms with Crippen LogP contribution >= 0.6 is 0 Å². The number of nitrogens with zero attached hydrogens (tertiary/aromatic N) is 1. The van der Waals surface area contributed by atoms with Crippen LogP contribution in [0.25, 0.3) is 0 Å². The van der Waals surface area contributed by atoms with Gasteiger partial charge in [-0.15, -0.1) is 0 Å². The van der Waals surface area contributed by atoms with Crippen molar-refractivity contribution in [3.63, 3.8) is 0 Å². The molecule has 0 aromatic carbocycles. The van der Waals surface area contributed by atoms with Crippen LogP contribution in [0.3, 0.4) is 0 Å². The van der Waals surface area contributed by atoms with Gasteiger partial charge in [-0.1, -0.05) is 107 Å². The summed E-state index contributed by atoms with van der Waals surface area (Å²) in [7, 11) is 5.87. The predicted octanol–water partition coefficient (Wildman–Crippen LogP) is 7.15. The smallest absolute Gasteiger partial charge is 0.306 e. The second kappa shape index (κ2) is 31.5. The lowest BCUT2D eigenvalue weighted by Gasteiger charge is -2.26. The Kier molecular flexibility index (Phi) is 29.7. The quantitative estimate of drug-likeness (QED) is 0.0243. The Morgan fingerprint density at radius 1 is 0.646 bits per heavy atom. The largest absolute Gasteiger partial charge is 0.545 e. The monoisotopic (exact) mass is 677 g/mol. The third-order valence-electron chi connectivity index (χ3n) is 7.34. The number of carbonyl (C=O) groups excluding carboxylic acids is 3. The summed E-state index contributed by atoms with van der Waals surface area (Å²) in [5.74, 6) is -2.34. The van der Waals surface area contributed by atoms with Crippen molar-refractivity contribution in [2.24, 2.45) is 0 Å². The van der Waals surface area contributed by atoms with Crippen LogP contribution in [0.4, 0.5) is 0 Å². The van der Waals surface area contributed by atoms with E-state index in [0.29, 0.717) is 17.4 Å². The normalized spacial score (nSPS) is 13.6. The lowest BCUT2D eigenvalue weighted by atomic mass is 10.1. The zero-order valence-corrected chi connectivity index (χ0v) is 30.8. The van der Waals surface area contributed by atoms with Crippen LogP contribution in [-0.2, 0) is 33.3 Å². The number of hydrogen-bond acceptors (Lipinski definition) is 8. The molecule has 2 atom stereocenters. The van der Waals surface area contributed by atoms with E-state index in [1.54, 1.807) is 0 Å². The number of carboxylic acids is 1. The first-order valence-corrected chi connectivity index (χ1v) is 18.3. The van der Waals surface area contributed by atoms with E-state index in [1.807, 2.05) is 21.1 Å². The van der Waals surface area contributed by atoms with Crippen LogP contribution in [-0.4, -0.2) is 82.3 Å². The van der Waals surface area contributed by atoms with Gasteiger partial charge in [0, 0.05) is 12.8 Å². The van der Waals surface area contributed by atoms with Crippen LogP contribution in [0.2, 0.25) is 0 Å². The predicted molar refractivity (Wildman–Crippen MR) is 191 cm³/mol. The van der Waals surface area contributed by atoms with Gasteiger partial charge < -0.3 is 33.3 Å². The Balaban J connectivity index is 4.53. The van der Waals surface area contributed by atoms with Crippen molar-refractivity contribution in [2.75, 3.05) is 47.5 Å². The molecule has 9 nitrogen and oxygen atoms in total. The fraction of sp³-hybridized carbons (Fsp3) is 0.718. The van der Waals surface area contributed by atoms with Crippen molar-refractivity contribution in [2.45, 2.75) is 135 Å². The zero-order valence-electron chi connectivity index (χ0n) is 30.8. The Bertz CT molecular complexity index is 935. The molecular formula is C39H67NO8. The van der Waals surface area contributed by atoms with Crippen molar-refractivity contribution in [3.05, 3.63) is 48.6 Å². The number of rotatable bonds is 32. The molecule has 0 amide bonds. The van der Waals surface area contributed by atoms with Crippen LogP contribution in [0.1, 0.15) is 123 Å². The number of carbonyl (C=O) groups is 3. The van der Waals surface area contributed by atoms with Gasteiger partial charge in [0.1, 0.15) is 13.2 Å². The third kappa shape index (κ3) is 31.8. The van der Waals surface area contributed by atoms with Crippen molar-refractivity contribution >= 4 is 17.9 Å². The first kappa shape index (κ1) is 45.2. The molecule has 0 heterocycles. The summed E-state index contributed by atoms with van der Waals surface area (Å²) in [4.78, 5) is 36.5. The second-order valence-electron chi connectivity index (χ2n) is 13.1. The highest BCUT2D eigenvalue weighted by molar-refractivity contribution is 5.70. The number of likely N-dealkylation sites (N-methyl/N-ethyl adjacent to an activating group) is 1. The molecule has 0 saturated carbocycles. The highest BCUT2D eigenvalue weighted by atomic mass is 16.7. The molecule has 0 fully saturated rings. The van der Waals surface area contributed by atoms with Crippen molar-refractivity contribution in [3.8, 4) is 0 Å². The van der Waals surface area contributed by atoms with Crippen LogP contribution in [0.15, 0.2) is 48.6 Å². The number of esters is 2. The van der Waals surface area contributed by atoms with Gasteiger partial charge in [0.15, 0.2) is 12.4 Å². The minimum atomic E-state index is -1.62. The molecule has 0 N–H and O–H groups in total. The molecule has 48 heavy (non-hydrogen) atoms. The zero-order chi connectivity index (χ0) is 35.7. The molecule has 0 rings (SSSR count). The first-order valence-electron chi connectivity index (χ1n) is 18.3. The number of unbranched alkanes of at least 4 members (excludes halogenated alkanes) is 9. The maximum Gasteiger partial charge on any atom is 0.306 e. The standard InChI is InChI=1S/C39H67NO8/c1-6-8-10-12-14-15-16-17-18-19-20-21-22-23-24-26-28-30-37(42)48-35(33-46-36(41)29-27-25-13-11-9-7-2)34-47-39(38(43)44)45-32-31-40(3,4)5/h8,10,14-15,17-18,20-21,35,39H,6-7,9,11-13,16,19,22-34H2,1-5H3/b10-8-,15-14-,18-17-,21-20-. The van der Waals surface area contributed by atoms with Gasteiger partial charge in [0.2, 0.25) is 0 Å². The van der Waals surface area contributed by atoms with E-state index < -0.39 is 24.3 Å². The summed E-state index contributed by atoms with van der Waals surface area (Å²) in [6.45, 7) is 4.49. The van der Waals surface area contributed by atoms with Gasteiger partial charge in [-0.2, -0.15) is 0 Å². The Morgan fingerprint density at radius 2 is 1.19 bits per heavy atom. The van der Waals surface area contributed by atoms with E-state index in [4.69, 9.17) is 18.9 Å². The molecule has 0 saturated heterocycles. The van der Waals surface area contributed by atoms with Crippen LogP contribution in [0, 0.1) is 0 Å². The third-order valence-corrected chi connectivity index (χ3v) is 7.34. The van der Waals surface area contributed by atoms with E-state index in [1.165, 1.54) is 6.42 Å². The fourth-order valence-electron chi connectivity index (χ4n) is 4.46. The van der Waals surface area contributed by atoms with Crippen molar-refractivity contribution in [1.82, 2.24) is 0 Å². The number of hydrogen-bond donors (Lipinski definition) is 0. The fourth-order valence-corrected chi connectivity index (χ4v) is 4.46. The van der Waals surface area contributed by atoms with Crippen molar-refractivity contribution < 1.29 is 42.9 Å². The highest BCUT2D eigenvalue weighted by Gasteiger charge is 2.21. The van der Waals surface area contributed by atoms with Gasteiger partial charge in [0.05, 0.1) is 40.3 Å². The van der Waals surface area contributed by atoms with Gasteiger partial charge in [-0.25, -0.2) is 0 Å². The summed E-state index contributed by atoms with van der Waals surface area (Å²) in [5.41, 5.74) is 0. The maximum absolute atomic E-state index is 12.6. The first-order chi connectivity index (χ1) is 23.1. The van der Waals surface area contributed by atoms with Gasteiger partial charge in [-0.05, 0) is 51.4 Å². The topological polar surface area (TPSA) is 111 Å². The SMILES string of the molecule is CC/C=C\C/C=C\C/C=C\C/C=C\CCCCCCC(=O)OC(COC(=O)CCCCCCCC)COC(OCC[N+](C)(C)C)C(=O)[O-]. The maximum atomic E-state index is 12.6. The van der Waals surface area contributed by atoms with Gasteiger partial charge >= 0.3 is 11.9 Å². The molecular weight excluding hydrogens is 610 g/mol. The molecule has 0 aliphatic heterocycles. The lowest BCUT2D eigenvalue weighted by molar-refractivity contribution is -0.870. The number of allylic oxidation sites excluding steroid dienone is 8. The molecule has 0 aromatic rings. The number of carboxylic acid groups (broad SMARTS) is 1. The molecule has 9 heteroatoms. The average molecular weight is 678 g/mol. The van der Waals surface area contributed by atoms with Crippen LogP contribution < -0.4 is 5.11 Å². The van der Waals surface area contributed by atoms with Gasteiger partial charge in [-0.3, -0.25) is 9.59 Å². The molecule has 276 valence electrons. The molecule has 0 bridgehead atoms. The summed E-state index contributed by atoms with van der Waals surface area (Å²) in [6.07, 6.45) is 30.3. The Hall–Kier alpha value is -2.75. The number of ether oxygens (including phenoxy) is 4. The second-order valence-corrected chi connectivity index (χ2v) is 13.1. The minimum absolute atomic E-state index is 0.141. The Morgan fingerprint density at radius 3 is 1.77 bits per heavy atom. The summed E-state index contributed by atoms with van der Waals surface area (Å²) in [6, 6.07) is 0. The number of quaternary nitrogens is 1. The minimum Gasteiger partial charge on any atom is -0.545 e. The van der Waals surface area contributed by atoms with Crippen molar-refractivity contribution in [1.29, 1.82) is 0 Å². The average Bonchev–Trinajstić information content (AvgIpc) is 3.03. The summed E-state index contributed by atoms with van der Waals surface area (Å²) >= 11 is 0. The summed E-state index contributed by atoms with van der Waals surface area (Å²) < 4.78 is 22.3. The molecule has 0 radical (unpaired) electrons. The van der Waals surface area contributed by atoms with E-state index in [9.17, 15) is 19.5 Å². The summed E-state index contributed by atoms with van der Waals surface area (Å²) in [5, 5.41) is 11.6. The molecule has 0 aliphatic carbocycles. The van der Waals surface area contributed by atoms with E-state index in [0.717, 1.165) is 83.5 Å². The lowest BCUT2D eigenvalue weighted by Crippen LogP contribution is -2.44. The highest BCUT2D eigenvalue weighted by Crippen LogP contribution is 2.11. The van der Waals surface area contributed by atoms with Gasteiger partial charge in [0.25, 0.3) is 0 Å². The molecule has 0 spiro atoms. The van der Waals surface area contributed by atoms with E-state index in [-0.39, 0.29) is 38.6 Å². The van der Waals surface area contributed by atoms with Crippen LogP contribution in [0.5, 0.6) is 0 Å². The molecule has 0 aliphatic rings. The Labute approximate surface area is 292 Å². The molecule has 2 unspecified atom stereocenters. The van der Waals surface area contributed by atoms with E-state index >= 15 is 0 Å².